The number of thiazole rings is 1. The summed E-state index contributed by atoms with van der Waals surface area (Å²) in [6.07, 6.45) is 0. The molecule has 1 aromatic carbocycles. The van der Waals surface area contributed by atoms with E-state index in [4.69, 9.17) is 30.7 Å². The van der Waals surface area contributed by atoms with Crippen molar-refractivity contribution in [2.45, 2.75) is 24.3 Å². The highest BCUT2D eigenvalue weighted by Gasteiger charge is 2.19. The van der Waals surface area contributed by atoms with Gasteiger partial charge in [-0.05, 0) is 32.0 Å². The van der Waals surface area contributed by atoms with Gasteiger partial charge in [-0.15, -0.1) is 11.3 Å². The topological polar surface area (TPSA) is 122 Å². The van der Waals surface area contributed by atoms with Crippen molar-refractivity contribution in [1.82, 2.24) is 19.9 Å². The Hall–Kier alpha value is -2.60. The lowest BCUT2D eigenvalue weighted by Gasteiger charge is -2.26. The van der Waals surface area contributed by atoms with Crippen molar-refractivity contribution in [3.8, 4) is 22.1 Å². The van der Waals surface area contributed by atoms with Gasteiger partial charge in [-0.25, -0.2) is 15.0 Å². The molecule has 0 saturated carbocycles. The van der Waals surface area contributed by atoms with Crippen LogP contribution in [0, 0.1) is 6.92 Å². The minimum Gasteiger partial charge on any atom is -0.493 e. The van der Waals surface area contributed by atoms with E-state index in [9.17, 15) is 0 Å². The third kappa shape index (κ3) is 6.09. The first-order chi connectivity index (χ1) is 16.4. The Morgan fingerprint density at radius 1 is 1.12 bits per heavy atom. The number of nitrogens with two attached hydrogens (primary N) is 2. The molecule has 3 aromatic rings. The lowest BCUT2D eigenvalue weighted by atomic mass is 10.2. The number of morpholine rings is 1. The van der Waals surface area contributed by atoms with E-state index in [0.717, 1.165) is 54.0 Å². The first kappa shape index (κ1) is 24.5. The lowest BCUT2D eigenvalue weighted by molar-refractivity contribution is 0.0321. The summed E-state index contributed by atoms with van der Waals surface area (Å²) in [5.41, 5.74) is 13.6. The second-order valence-corrected chi connectivity index (χ2v) is 10.4. The number of methoxy groups -OCH3 is 1. The van der Waals surface area contributed by atoms with E-state index in [1.807, 2.05) is 18.2 Å². The summed E-state index contributed by atoms with van der Waals surface area (Å²) in [6.45, 7) is 9.01. The second kappa shape index (κ2) is 11.2. The summed E-state index contributed by atoms with van der Waals surface area (Å²) < 4.78 is 17.0. The predicted octanol–water partition coefficient (Wildman–Crippen LogP) is 3.65. The van der Waals surface area contributed by atoms with Crippen LogP contribution in [-0.4, -0.2) is 66.4 Å². The summed E-state index contributed by atoms with van der Waals surface area (Å²) in [6, 6.07) is 7.48. The highest BCUT2D eigenvalue weighted by molar-refractivity contribution is 7.99. The molecule has 0 aliphatic carbocycles. The zero-order valence-electron chi connectivity index (χ0n) is 19.6. The zero-order chi connectivity index (χ0) is 24.1. The van der Waals surface area contributed by atoms with Crippen LogP contribution in [0.5, 0.6) is 11.5 Å². The van der Waals surface area contributed by atoms with Crippen molar-refractivity contribution in [1.29, 1.82) is 0 Å². The van der Waals surface area contributed by atoms with E-state index in [2.05, 4.69) is 28.7 Å². The minimum absolute atomic E-state index is 0.0358. The SMILES string of the molecule is COc1ccc(-c2nc([C@H](C)Sc3nc(N)cc(N)n3)c(C)s2)cc1OCCN1CCOCC1. The summed E-state index contributed by atoms with van der Waals surface area (Å²) in [5.74, 6) is 2.14. The van der Waals surface area contributed by atoms with Crippen LogP contribution < -0.4 is 20.9 Å². The maximum atomic E-state index is 6.10. The molecule has 0 spiro atoms. The number of aryl methyl sites for hydroxylation is 1. The van der Waals surface area contributed by atoms with E-state index in [-0.39, 0.29) is 5.25 Å². The number of nitrogens with zero attached hydrogens (tertiary/aromatic N) is 4. The van der Waals surface area contributed by atoms with Gasteiger partial charge in [-0.2, -0.15) is 0 Å². The first-order valence-electron chi connectivity index (χ1n) is 11.1. The summed E-state index contributed by atoms with van der Waals surface area (Å²) in [7, 11) is 1.65. The average Bonchev–Trinajstić information content (AvgIpc) is 3.21. The van der Waals surface area contributed by atoms with E-state index in [0.29, 0.717) is 34.9 Å². The van der Waals surface area contributed by atoms with Crippen LogP contribution in [0.3, 0.4) is 0 Å². The van der Waals surface area contributed by atoms with E-state index in [1.165, 1.54) is 11.8 Å². The predicted molar refractivity (Wildman–Crippen MR) is 137 cm³/mol. The quantitative estimate of drug-likeness (QED) is 0.331. The van der Waals surface area contributed by atoms with Crippen molar-refractivity contribution < 1.29 is 14.2 Å². The maximum absolute atomic E-state index is 6.10. The monoisotopic (exact) mass is 502 g/mol. The standard InChI is InChI=1S/C23H30N6O3S2/c1-14-21(15(2)34-23-26-19(24)13-20(25)27-23)28-22(33-14)16-4-5-17(30-3)18(12-16)32-11-8-29-6-9-31-10-7-29/h4-5,12-13,15H,6-11H2,1-3H3,(H4,24,25,26,27)/t15-/m0/s1. The van der Waals surface area contributed by atoms with Gasteiger partial charge >= 0.3 is 0 Å². The number of nitrogen functional groups attached to an aromatic ring is 2. The van der Waals surface area contributed by atoms with E-state index < -0.39 is 0 Å². The molecular weight excluding hydrogens is 472 g/mol. The molecule has 3 heterocycles. The Morgan fingerprint density at radius 2 is 1.85 bits per heavy atom. The number of ether oxygens (including phenoxy) is 3. The number of hydrogen-bond acceptors (Lipinski definition) is 11. The highest BCUT2D eigenvalue weighted by Crippen LogP contribution is 2.40. The number of anilines is 2. The van der Waals surface area contributed by atoms with E-state index in [1.54, 1.807) is 24.5 Å². The number of aromatic nitrogens is 3. The fourth-order valence-electron chi connectivity index (χ4n) is 3.67. The highest BCUT2D eigenvalue weighted by atomic mass is 32.2. The number of rotatable bonds is 9. The van der Waals surface area contributed by atoms with Gasteiger partial charge in [0, 0.05) is 36.1 Å². The number of hydrogen-bond donors (Lipinski definition) is 2. The van der Waals surface area contributed by atoms with Gasteiger partial charge in [0.1, 0.15) is 23.3 Å². The molecule has 1 aliphatic heterocycles. The normalized spacial score (nSPS) is 15.3. The third-order valence-corrected chi connectivity index (χ3v) is 7.43. The van der Waals surface area contributed by atoms with Gasteiger partial charge in [0.2, 0.25) is 0 Å². The smallest absolute Gasteiger partial charge is 0.192 e. The Labute approximate surface area is 207 Å². The van der Waals surface area contributed by atoms with Gasteiger partial charge in [0.15, 0.2) is 16.7 Å². The van der Waals surface area contributed by atoms with Crippen LogP contribution in [0.4, 0.5) is 11.6 Å². The minimum atomic E-state index is 0.0358. The third-order valence-electron chi connectivity index (χ3n) is 5.42. The molecule has 182 valence electrons. The Kier molecular flexibility index (Phi) is 8.09. The van der Waals surface area contributed by atoms with Crippen molar-refractivity contribution in [2.24, 2.45) is 0 Å². The molecule has 1 fully saturated rings. The van der Waals surface area contributed by atoms with Crippen LogP contribution in [0.25, 0.3) is 10.6 Å². The molecule has 0 bridgehead atoms. The molecule has 34 heavy (non-hydrogen) atoms. The van der Waals surface area contributed by atoms with Crippen molar-refractivity contribution in [2.75, 3.05) is 58.0 Å². The van der Waals surface area contributed by atoms with E-state index >= 15 is 0 Å². The fourth-order valence-corrected chi connectivity index (χ4v) is 5.72. The zero-order valence-corrected chi connectivity index (χ0v) is 21.2. The molecule has 1 saturated heterocycles. The molecule has 11 heteroatoms. The van der Waals surface area contributed by atoms with Crippen molar-refractivity contribution in [3.63, 3.8) is 0 Å². The number of thioether (sulfide) groups is 1. The molecule has 0 amide bonds. The molecule has 9 nitrogen and oxygen atoms in total. The Balaban J connectivity index is 1.48. The summed E-state index contributed by atoms with van der Waals surface area (Å²) in [4.78, 5) is 17.0. The van der Waals surface area contributed by atoms with Crippen LogP contribution in [0.15, 0.2) is 29.4 Å². The van der Waals surface area contributed by atoms with Gasteiger partial charge in [0.25, 0.3) is 0 Å². The van der Waals surface area contributed by atoms with Gasteiger partial charge in [0.05, 0.1) is 31.3 Å². The largest absolute Gasteiger partial charge is 0.493 e. The molecule has 0 radical (unpaired) electrons. The van der Waals surface area contributed by atoms with Gasteiger partial charge in [-0.3, -0.25) is 4.90 Å². The molecular formula is C23H30N6O3S2. The summed E-state index contributed by atoms with van der Waals surface area (Å²) in [5, 5.41) is 1.50. The summed E-state index contributed by atoms with van der Waals surface area (Å²) >= 11 is 3.13. The Bertz CT molecular complexity index is 1100. The molecule has 0 unspecified atom stereocenters. The van der Waals surface area contributed by atoms with Crippen LogP contribution in [-0.2, 0) is 4.74 Å². The lowest BCUT2D eigenvalue weighted by Crippen LogP contribution is -2.38. The number of benzene rings is 1. The molecule has 1 atom stereocenters. The van der Waals surface area contributed by atoms with Crippen LogP contribution in [0.2, 0.25) is 0 Å². The Morgan fingerprint density at radius 3 is 2.56 bits per heavy atom. The average molecular weight is 503 g/mol. The molecule has 2 aromatic heterocycles. The first-order valence-corrected chi connectivity index (χ1v) is 12.8. The van der Waals surface area contributed by atoms with Crippen molar-refractivity contribution in [3.05, 3.63) is 34.8 Å². The second-order valence-electron chi connectivity index (χ2n) is 7.89. The molecule has 1 aliphatic rings. The fraction of sp³-hybridized carbons (Fsp3) is 0.435. The van der Waals surface area contributed by atoms with Crippen molar-refractivity contribution >= 4 is 34.7 Å². The van der Waals surface area contributed by atoms with Gasteiger partial charge < -0.3 is 25.7 Å². The van der Waals surface area contributed by atoms with Crippen LogP contribution >= 0.6 is 23.1 Å². The van der Waals surface area contributed by atoms with Crippen LogP contribution in [0.1, 0.15) is 22.7 Å². The van der Waals surface area contributed by atoms with Gasteiger partial charge in [-0.1, -0.05) is 11.8 Å². The molecule has 4 N–H and O–H groups in total. The molecule has 4 rings (SSSR count). The maximum Gasteiger partial charge on any atom is 0.192 e.